The Morgan fingerprint density at radius 3 is 2.52 bits per heavy atom. The summed E-state index contributed by atoms with van der Waals surface area (Å²) < 4.78 is 2.19. The zero-order chi connectivity index (χ0) is 14.8. The minimum atomic E-state index is 0.701. The molecule has 3 nitrogen and oxygen atoms in total. The van der Waals surface area contributed by atoms with Gasteiger partial charge in [0.1, 0.15) is 5.65 Å². The van der Waals surface area contributed by atoms with Crippen LogP contribution in [0.5, 0.6) is 0 Å². The van der Waals surface area contributed by atoms with Crippen molar-refractivity contribution in [2.45, 2.75) is 26.7 Å². The van der Waals surface area contributed by atoms with Crippen LogP contribution in [0.3, 0.4) is 0 Å². The van der Waals surface area contributed by atoms with E-state index in [1.54, 1.807) is 0 Å². The minimum absolute atomic E-state index is 0.701. The molecule has 2 heterocycles. The second-order valence-corrected chi connectivity index (χ2v) is 5.60. The maximum absolute atomic E-state index is 5.69. The molecule has 0 spiro atoms. The summed E-state index contributed by atoms with van der Waals surface area (Å²) >= 11 is 0. The third kappa shape index (κ3) is 2.69. The Kier molecular flexibility index (Phi) is 3.76. The fourth-order valence-corrected chi connectivity index (χ4v) is 2.65. The summed E-state index contributed by atoms with van der Waals surface area (Å²) in [6.07, 6.45) is 4.03. The molecule has 0 saturated carbocycles. The van der Waals surface area contributed by atoms with Crippen molar-refractivity contribution in [2.75, 3.05) is 6.54 Å². The molecule has 0 unspecified atom stereocenters. The molecule has 2 N–H and O–H groups in total. The van der Waals surface area contributed by atoms with E-state index in [1.807, 2.05) is 0 Å². The van der Waals surface area contributed by atoms with Crippen molar-refractivity contribution < 1.29 is 0 Å². The molecule has 0 atom stereocenters. The zero-order valence-corrected chi connectivity index (χ0v) is 12.6. The lowest BCUT2D eigenvalue weighted by molar-refractivity contribution is 0.804. The van der Waals surface area contributed by atoms with Crippen LogP contribution in [0.1, 0.15) is 23.2 Å². The number of pyridine rings is 1. The number of imidazole rings is 1. The zero-order valence-electron chi connectivity index (χ0n) is 12.6. The summed E-state index contributed by atoms with van der Waals surface area (Å²) in [5.41, 5.74) is 12.7. The molecule has 0 fully saturated rings. The topological polar surface area (TPSA) is 43.3 Å². The minimum Gasteiger partial charge on any atom is -0.330 e. The lowest BCUT2D eigenvalue weighted by Crippen LogP contribution is -2.03. The number of aromatic nitrogens is 2. The molecule has 3 heteroatoms. The lowest BCUT2D eigenvalue weighted by Gasteiger charge is -2.05. The first-order valence-electron chi connectivity index (χ1n) is 7.44. The van der Waals surface area contributed by atoms with Crippen molar-refractivity contribution in [3.8, 4) is 11.3 Å². The second-order valence-electron chi connectivity index (χ2n) is 5.60. The van der Waals surface area contributed by atoms with Crippen molar-refractivity contribution in [3.05, 3.63) is 59.4 Å². The highest BCUT2D eigenvalue weighted by atomic mass is 15.0. The molecular formula is C18H21N3. The molecule has 2 aromatic heterocycles. The summed E-state index contributed by atoms with van der Waals surface area (Å²) in [4.78, 5) is 4.85. The van der Waals surface area contributed by atoms with Crippen molar-refractivity contribution in [3.63, 3.8) is 0 Å². The molecule has 0 aliphatic carbocycles. The molecule has 3 rings (SSSR count). The first-order chi connectivity index (χ1) is 10.2. The average Bonchev–Trinajstić information content (AvgIpc) is 2.83. The van der Waals surface area contributed by atoms with Crippen molar-refractivity contribution in [2.24, 2.45) is 5.73 Å². The van der Waals surface area contributed by atoms with E-state index in [1.165, 1.54) is 22.4 Å². The van der Waals surface area contributed by atoms with Gasteiger partial charge in [0, 0.05) is 11.8 Å². The molecule has 0 aliphatic heterocycles. The number of rotatable bonds is 4. The van der Waals surface area contributed by atoms with Gasteiger partial charge in [0.15, 0.2) is 0 Å². The first-order valence-corrected chi connectivity index (χ1v) is 7.44. The van der Waals surface area contributed by atoms with Gasteiger partial charge < -0.3 is 10.1 Å². The van der Waals surface area contributed by atoms with Crippen LogP contribution >= 0.6 is 0 Å². The Balaban J connectivity index is 2.17. The highest BCUT2D eigenvalue weighted by molar-refractivity contribution is 5.67. The maximum Gasteiger partial charge on any atom is 0.137 e. The predicted molar refractivity (Wildman–Crippen MR) is 87.5 cm³/mol. The van der Waals surface area contributed by atoms with Gasteiger partial charge in [0.2, 0.25) is 0 Å². The number of hydrogen-bond acceptors (Lipinski definition) is 2. The van der Waals surface area contributed by atoms with Gasteiger partial charge in [-0.3, -0.25) is 0 Å². The first kappa shape index (κ1) is 13.8. The molecule has 21 heavy (non-hydrogen) atoms. The second kappa shape index (κ2) is 5.70. The Morgan fingerprint density at radius 1 is 1.05 bits per heavy atom. The number of benzene rings is 1. The molecule has 0 bridgehead atoms. The van der Waals surface area contributed by atoms with E-state index in [9.17, 15) is 0 Å². The Labute approximate surface area is 125 Å². The maximum atomic E-state index is 5.69. The molecule has 0 aliphatic rings. The van der Waals surface area contributed by atoms with E-state index >= 15 is 0 Å². The number of aryl methyl sites for hydroxylation is 3. The molecule has 108 valence electrons. The molecular weight excluding hydrogens is 258 g/mol. The fourth-order valence-electron chi connectivity index (χ4n) is 2.65. The molecule has 0 saturated heterocycles. The monoisotopic (exact) mass is 279 g/mol. The number of nitrogens with zero attached hydrogens (tertiary/aromatic N) is 2. The highest BCUT2D eigenvalue weighted by Gasteiger charge is 2.13. The van der Waals surface area contributed by atoms with Gasteiger partial charge in [-0.25, -0.2) is 4.98 Å². The Morgan fingerprint density at radius 2 is 1.81 bits per heavy atom. The predicted octanol–water partition coefficient (Wildman–Crippen LogP) is 3.51. The van der Waals surface area contributed by atoms with E-state index < -0.39 is 0 Å². The van der Waals surface area contributed by atoms with E-state index in [4.69, 9.17) is 10.7 Å². The number of hydrogen-bond donors (Lipinski definition) is 1. The highest BCUT2D eigenvalue weighted by Crippen LogP contribution is 2.26. The lowest BCUT2D eigenvalue weighted by atomic mass is 10.1. The quantitative estimate of drug-likeness (QED) is 0.794. The van der Waals surface area contributed by atoms with Gasteiger partial charge in [-0.05, 0) is 50.9 Å². The largest absolute Gasteiger partial charge is 0.330 e. The van der Waals surface area contributed by atoms with Crippen LogP contribution in [-0.2, 0) is 6.42 Å². The van der Waals surface area contributed by atoms with Crippen molar-refractivity contribution in [1.82, 2.24) is 9.38 Å². The van der Waals surface area contributed by atoms with Gasteiger partial charge in [0.25, 0.3) is 0 Å². The smallest absolute Gasteiger partial charge is 0.137 e. The standard InChI is InChI=1S/C18H21N3/c1-13-5-7-15(8-6-13)18-16(4-3-10-19)21-11-9-14(2)12-17(21)20-18/h5-9,11-12H,3-4,10,19H2,1-2H3. The number of nitrogens with two attached hydrogens (primary N) is 1. The Hall–Kier alpha value is -2.13. The van der Waals surface area contributed by atoms with E-state index in [0.717, 1.165) is 24.2 Å². The van der Waals surface area contributed by atoms with Crippen molar-refractivity contribution in [1.29, 1.82) is 0 Å². The number of fused-ring (bicyclic) bond motifs is 1. The third-order valence-electron chi connectivity index (χ3n) is 3.82. The van der Waals surface area contributed by atoms with Gasteiger partial charge in [-0.15, -0.1) is 0 Å². The fraction of sp³-hybridized carbons (Fsp3) is 0.278. The van der Waals surface area contributed by atoms with Crippen LogP contribution in [0.4, 0.5) is 0 Å². The molecule has 1 aromatic carbocycles. The average molecular weight is 279 g/mol. The third-order valence-corrected chi connectivity index (χ3v) is 3.82. The summed E-state index contributed by atoms with van der Waals surface area (Å²) in [6, 6.07) is 12.8. The van der Waals surface area contributed by atoms with E-state index in [2.05, 4.69) is 60.8 Å². The van der Waals surface area contributed by atoms with E-state index in [-0.39, 0.29) is 0 Å². The van der Waals surface area contributed by atoms with Crippen molar-refractivity contribution >= 4 is 5.65 Å². The molecule has 0 radical (unpaired) electrons. The van der Waals surface area contributed by atoms with Gasteiger partial charge in [-0.1, -0.05) is 29.8 Å². The normalized spacial score (nSPS) is 11.2. The van der Waals surface area contributed by atoms with Crippen LogP contribution in [-0.4, -0.2) is 15.9 Å². The summed E-state index contributed by atoms with van der Waals surface area (Å²) in [5, 5.41) is 0. The summed E-state index contributed by atoms with van der Waals surface area (Å²) in [6.45, 7) is 4.90. The van der Waals surface area contributed by atoms with Crippen LogP contribution < -0.4 is 5.73 Å². The van der Waals surface area contributed by atoms with Crippen LogP contribution in [0.2, 0.25) is 0 Å². The SMILES string of the molecule is Cc1ccc(-c2nc3cc(C)ccn3c2CCCN)cc1. The van der Waals surface area contributed by atoms with Crippen LogP contribution in [0.25, 0.3) is 16.9 Å². The van der Waals surface area contributed by atoms with E-state index in [0.29, 0.717) is 6.54 Å². The summed E-state index contributed by atoms with van der Waals surface area (Å²) in [5.74, 6) is 0. The van der Waals surface area contributed by atoms with Gasteiger partial charge in [0.05, 0.1) is 11.4 Å². The molecule has 3 aromatic rings. The van der Waals surface area contributed by atoms with Crippen LogP contribution in [0, 0.1) is 13.8 Å². The van der Waals surface area contributed by atoms with Gasteiger partial charge >= 0.3 is 0 Å². The Bertz CT molecular complexity index is 754. The van der Waals surface area contributed by atoms with Gasteiger partial charge in [-0.2, -0.15) is 0 Å². The summed E-state index contributed by atoms with van der Waals surface area (Å²) in [7, 11) is 0. The molecule has 0 amide bonds. The van der Waals surface area contributed by atoms with Crippen LogP contribution in [0.15, 0.2) is 42.6 Å².